The summed E-state index contributed by atoms with van der Waals surface area (Å²) in [6.45, 7) is 2.27. The van der Waals surface area contributed by atoms with Crippen molar-refractivity contribution in [3.05, 3.63) is 105 Å². The molecule has 0 unspecified atom stereocenters. The molecule has 30 heavy (non-hydrogen) atoms. The molecule has 1 N–H and O–H groups in total. The summed E-state index contributed by atoms with van der Waals surface area (Å²) < 4.78 is 7.48. The third-order valence-electron chi connectivity index (χ3n) is 4.71. The average Bonchev–Trinajstić information content (AvgIpc) is 3.26. The number of halogens is 1. The largest absolute Gasteiger partial charge is 0.463 e. The number of benzene rings is 1. The fraction of sp³-hybridized carbons (Fsp3) is 0.0870. The second-order valence-electron chi connectivity index (χ2n) is 6.73. The molecule has 0 fully saturated rings. The molecule has 7 heteroatoms. The van der Waals surface area contributed by atoms with Gasteiger partial charge in [0.15, 0.2) is 11.2 Å². The van der Waals surface area contributed by atoms with Crippen molar-refractivity contribution in [1.29, 1.82) is 0 Å². The molecule has 4 aromatic rings. The van der Waals surface area contributed by atoms with E-state index in [2.05, 4.69) is 10.3 Å². The minimum Gasteiger partial charge on any atom is -0.463 e. The number of rotatable bonds is 5. The Morgan fingerprint density at radius 2 is 1.90 bits per heavy atom. The van der Waals surface area contributed by atoms with Gasteiger partial charge in [-0.15, -0.1) is 0 Å². The van der Waals surface area contributed by atoms with Crippen molar-refractivity contribution < 1.29 is 9.21 Å². The van der Waals surface area contributed by atoms with Crippen molar-refractivity contribution in [2.24, 2.45) is 0 Å². The predicted molar refractivity (Wildman–Crippen MR) is 116 cm³/mol. The standard InChI is InChI=1S/C23H18ClN3O3/c1-15-13-19(28)21(23(29)26-18-6-3-2-5-17(18)24)22(20-7-4-12-30-20)27(15)14-16-8-10-25-11-9-16/h2-13H,14H2,1H3,(H,26,29). The van der Waals surface area contributed by atoms with Crippen molar-refractivity contribution in [2.45, 2.75) is 13.5 Å². The number of anilines is 1. The minimum absolute atomic E-state index is 0.00970. The van der Waals surface area contributed by atoms with Crippen LogP contribution in [0.5, 0.6) is 0 Å². The summed E-state index contributed by atoms with van der Waals surface area (Å²) in [7, 11) is 0. The van der Waals surface area contributed by atoms with Gasteiger partial charge in [-0.05, 0) is 48.9 Å². The molecule has 0 saturated carbocycles. The first-order valence-corrected chi connectivity index (χ1v) is 9.65. The summed E-state index contributed by atoms with van der Waals surface area (Å²) in [5, 5.41) is 3.13. The van der Waals surface area contributed by atoms with Gasteiger partial charge in [-0.2, -0.15) is 0 Å². The molecular formula is C23H18ClN3O3. The van der Waals surface area contributed by atoms with E-state index in [1.54, 1.807) is 48.8 Å². The Morgan fingerprint density at radius 3 is 2.60 bits per heavy atom. The van der Waals surface area contributed by atoms with Gasteiger partial charge in [0.2, 0.25) is 0 Å². The Morgan fingerprint density at radius 1 is 1.13 bits per heavy atom. The van der Waals surface area contributed by atoms with Gasteiger partial charge >= 0.3 is 0 Å². The van der Waals surface area contributed by atoms with Gasteiger partial charge in [0.25, 0.3) is 5.91 Å². The fourth-order valence-electron chi connectivity index (χ4n) is 3.28. The molecule has 6 nitrogen and oxygen atoms in total. The zero-order valence-corrected chi connectivity index (χ0v) is 16.9. The Labute approximate surface area is 177 Å². The fourth-order valence-corrected chi connectivity index (χ4v) is 3.46. The number of aryl methyl sites for hydroxylation is 1. The summed E-state index contributed by atoms with van der Waals surface area (Å²) in [4.78, 5) is 30.1. The molecule has 4 rings (SSSR count). The molecule has 3 aromatic heterocycles. The molecule has 0 saturated heterocycles. The van der Waals surface area contributed by atoms with Gasteiger partial charge in [-0.3, -0.25) is 14.6 Å². The molecule has 1 amide bonds. The molecule has 150 valence electrons. The number of pyridine rings is 2. The lowest BCUT2D eigenvalue weighted by Gasteiger charge is -2.19. The second-order valence-corrected chi connectivity index (χ2v) is 7.13. The smallest absolute Gasteiger partial charge is 0.261 e. The van der Waals surface area contributed by atoms with E-state index in [1.165, 1.54) is 12.3 Å². The van der Waals surface area contributed by atoms with E-state index < -0.39 is 11.3 Å². The monoisotopic (exact) mass is 419 g/mol. The SMILES string of the molecule is Cc1cc(=O)c(C(=O)Nc2ccccc2Cl)c(-c2ccco2)n1Cc1ccncc1. The molecule has 0 radical (unpaired) electrons. The summed E-state index contributed by atoms with van der Waals surface area (Å²) in [5.74, 6) is -0.128. The van der Waals surface area contributed by atoms with Crippen LogP contribution in [0.15, 0.2) is 82.5 Å². The number of furan rings is 1. The van der Waals surface area contributed by atoms with Crippen molar-refractivity contribution >= 4 is 23.2 Å². The van der Waals surface area contributed by atoms with Gasteiger partial charge < -0.3 is 14.3 Å². The van der Waals surface area contributed by atoms with E-state index in [9.17, 15) is 9.59 Å². The van der Waals surface area contributed by atoms with Gasteiger partial charge in [0.05, 0.1) is 17.0 Å². The third-order valence-corrected chi connectivity index (χ3v) is 5.04. The summed E-state index contributed by atoms with van der Waals surface area (Å²) in [6.07, 6.45) is 4.91. The lowest BCUT2D eigenvalue weighted by molar-refractivity contribution is 0.102. The summed E-state index contributed by atoms with van der Waals surface area (Å²) in [6, 6.07) is 15.5. The van der Waals surface area contributed by atoms with Gasteiger partial charge in [-0.1, -0.05) is 23.7 Å². The molecule has 0 spiro atoms. The van der Waals surface area contributed by atoms with Crippen LogP contribution in [-0.2, 0) is 6.54 Å². The Hall–Kier alpha value is -3.64. The molecule has 3 heterocycles. The van der Waals surface area contributed by atoms with Crippen LogP contribution in [0.2, 0.25) is 5.02 Å². The zero-order valence-electron chi connectivity index (χ0n) is 16.1. The van der Waals surface area contributed by atoms with Crippen LogP contribution in [0.3, 0.4) is 0 Å². The maximum atomic E-state index is 13.2. The number of nitrogens with one attached hydrogen (secondary N) is 1. The van der Waals surface area contributed by atoms with Crippen LogP contribution >= 0.6 is 11.6 Å². The van der Waals surface area contributed by atoms with Gasteiger partial charge in [-0.25, -0.2) is 0 Å². The van der Waals surface area contributed by atoms with Gasteiger partial charge in [0.1, 0.15) is 11.3 Å². The number of carbonyl (C=O) groups is 1. The Balaban J connectivity index is 1.87. The molecule has 0 aliphatic carbocycles. The Kier molecular flexibility index (Phi) is 5.50. The molecule has 0 aliphatic heterocycles. The van der Waals surface area contributed by atoms with E-state index in [0.29, 0.717) is 34.4 Å². The van der Waals surface area contributed by atoms with Crippen molar-refractivity contribution in [3.63, 3.8) is 0 Å². The molecule has 0 bridgehead atoms. The molecule has 0 atom stereocenters. The van der Waals surface area contributed by atoms with Crippen molar-refractivity contribution in [1.82, 2.24) is 9.55 Å². The molecular weight excluding hydrogens is 402 g/mol. The first kappa shape index (κ1) is 19.7. The number of hydrogen-bond donors (Lipinski definition) is 1. The topological polar surface area (TPSA) is 77.1 Å². The van der Waals surface area contributed by atoms with E-state index in [4.69, 9.17) is 16.0 Å². The first-order chi connectivity index (χ1) is 14.5. The van der Waals surface area contributed by atoms with Crippen LogP contribution in [0.1, 0.15) is 21.6 Å². The van der Waals surface area contributed by atoms with E-state index in [0.717, 1.165) is 5.56 Å². The summed E-state index contributed by atoms with van der Waals surface area (Å²) in [5.41, 5.74) is 2.11. The number of nitrogens with zero attached hydrogens (tertiary/aromatic N) is 2. The lowest BCUT2D eigenvalue weighted by Crippen LogP contribution is -2.27. The van der Waals surface area contributed by atoms with Crippen LogP contribution < -0.4 is 10.7 Å². The molecule has 1 aromatic carbocycles. The highest BCUT2D eigenvalue weighted by Gasteiger charge is 2.24. The average molecular weight is 420 g/mol. The Bertz CT molecular complexity index is 1250. The van der Waals surface area contributed by atoms with E-state index >= 15 is 0 Å². The van der Waals surface area contributed by atoms with Crippen LogP contribution in [0.25, 0.3) is 11.5 Å². The lowest BCUT2D eigenvalue weighted by atomic mass is 10.1. The number of carbonyl (C=O) groups excluding carboxylic acids is 1. The highest BCUT2D eigenvalue weighted by atomic mass is 35.5. The van der Waals surface area contributed by atoms with E-state index in [1.807, 2.05) is 23.6 Å². The van der Waals surface area contributed by atoms with Crippen molar-refractivity contribution in [3.8, 4) is 11.5 Å². The quantitative estimate of drug-likeness (QED) is 0.505. The van der Waals surface area contributed by atoms with Gasteiger partial charge in [0, 0.05) is 30.7 Å². The summed E-state index contributed by atoms with van der Waals surface area (Å²) >= 11 is 6.18. The van der Waals surface area contributed by atoms with Crippen LogP contribution in [0.4, 0.5) is 5.69 Å². The zero-order chi connectivity index (χ0) is 21.1. The maximum absolute atomic E-state index is 13.2. The second kappa shape index (κ2) is 8.39. The third kappa shape index (κ3) is 3.90. The van der Waals surface area contributed by atoms with Crippen LogP contribution in [-0.4, -0.2) is 15.5 Å². The van der Waals surface area contributed by atoms with E-state index in [-0.39, 0.29) is 5.56 Å². The number of amides is 1. The first-order valence-electron chi connectivity index (χ1n) is 9.27. The number of aromatic nitrogens is 2. The normalized spacial score (nSPS) is 10.7. The maximum Gasteiger partial charge on any atom is 0.261 e. The highest BCUT2D eigenvalue weighted by molar-refractivity contribution is 6.34. The van der Waals surface area contributed by atoms with Crippen molar-refractivity contribution in [2.75, 3.05) is 5.32 Å². The number of hydrogen-bond acceptors (Lipinski definition) is 4. The molecule has 0 aliphatic rings. The van der Waals surface area contributed by atoms with Crippen LogP contribution in [0, 0.1) is 6.92 Å². The predicted octanol–water partition coefficient (Wildman–Crippen LogP) is 4.77. The highest BCUT2D eigenvalue weighted by Crippen LogP contribution is 2.27. The minimum atomic E-state index is -0.553. The number of para-hydroxylation sites is 1.